The predicted octanol–water partition coefficient (Wildman–Crippen LogP) is 0.730. The minimum absolute atomic E-state index is 0.174. The highest BCUT2D eigenvalue weighted by atomic mass is 32.2. The normalized spacial score (nSPS) is 29.9. The number of quaternary nitrogens is 1. The molecule has 27 heavy (non-hydrogen) atoms. The Morgan fingerprint density at radius 2 is 2.04 bits per heavy atom. The number of likely N-dealkylation sites (tertiary alicyclic amines) is 1. The number of rotatable bonds is 6. The van der Waals surface area contributed by atoms with Gasteiger partial charge >= 0.3 is 5.97 Å². The number of hydrogen-bond donors (Lipinski definition) is 1. The minimum Gasteiger partial charge on any atom is -0.461 e. The van der Waals surface area contributed by atoms with Crippen LogP contribution < -0.4 is 5.32 Å². The average molecular weight is 395 g/mol. The van der Waals surface area contributed by atoms with E-state index in [0.717, 1.165) is 4.90 Å². The molecule has 0 saturated carbocycles. The van der Waals surface area contributed by atoms with Crippen molar-refractivity contribution in [1.29, 1.82) is 0 Å². The van der Waals surface area contributed by atoms with Crippen molar-refractivity contribution in [3.8, 4) is 0 Å². The van der Waals surface area contributed by atoms with Gasteiger partial charge in [-0.25, -0.2) is 9.18 Å². The molecule has 2 N–H and O–H groups in total. The van der Waals surface area contributed by atoms with Crippen LogP contribution in [0.1, 0.15) is 24.9 Å². The van der Waals surface area contributed by atoms with Crippen LogP contribution in [0.4, 0.5) is 4.39 Å². The second-order valence-corrected chi connectivity index (χ2v) is 7.94. The monoisotopic (exact) mass is 395 g/mol. The molecule has 2 heterocycles. The average Bonchev–Trinajstić information content (AvgIpc) is 3.11. The lowest BCUT2D eigenvalue weighted by Crippen LogP contribution is -2.98. The van der Waals surface area contributed by atoms with Gasteiger partial charge in [-0.3, -0.25) is 14.5 Å². The number of hydrogen-bond acceptors (Lipinski definition) is 5. The molecule has 0 spiro atoms. The van der Waals surface area contributed by atoms with Crippen LogP contribution in [-0.4, -0.2) is 53.9 Å². The SMILES string of the molecule is CCOC(=O)[C@]1(CCSC)[NH2+][C@@H](c2ccccc2F)[C@H]2C(=O)N(C)C(=O)[C@H]21. The van der Waals surface area contributed by atoms with E-state index in [2.05, 4.69) is 0 Å². The summed E-state index contributed by atoms with van der Waals surface area (Å²) in [5.41, 5.74) is -0.895. The number of ether oxygens (including phenoxy) is 1. The first-order chi connectivity index (χ1) is 12.9. The zero-order valence-corrected chi connectivity index (χ0v) is 16.4. The van der Waals surface area contributed by atoms with Crippen molar-refractivity contribution in [3.05, 3.63) is 35.6 Å². The van der Waals surface area contributed by atoms with Crippen LogP contribution >= 0.6 is 11.8 Å². The number of carbonyl (C=O) groups is 3. The third-order valence-corrected chi connectivity index (χ3v) is 6.24. The molecule has 2 saturated heterocycles. The molecular formula is C19H24FN2O4S+. The van der Waals surface area contributed by atoms with Crippen LogP contribution in [-0.2, 0) is 19.1 Å². The number of amides is 2. The van der Waals surface area contributed by atoms with E-state index in [0.29, 0.717) is 17.7 Å². The Morgan fingerprint density at radius 1 is 1.33 bits per heavy atom. The molecule has 1 aromatic rings. The molecule has 4 atom stereocenters. The summed E-state index contributed by atoms with van der Waals surface area (Å²) in [7, 11) is 1.42. The highest BCUT2D eigenvalue weighted by Gasteiger charge is 2.72. The summed E-state index contributed by atoms with van der Waals surface area (Å²) < 4.78 is 19.8. The summed E-state index contributed by atoms with van der Waals surface area (Å²) in [6, 6.07) is 5.56. The van der Waals surface area contributed by atoms with E-state index in [4.69, 9.17) is 4.74 Å². The first-order valence-electron chi connectivity index (χ1n) is 8.97. The fourth-order valence-corrected chi connectivity index (χ4v) is 4.91. The Bertz CT molecular complexity index is 774. The van der Waals surface area contributed by atoms with Crippen LogP contribution in [0.25, 0.3) is 0 Å². The molecule has 146 valence electrons. The molecule has 8 heteroatoms. The summed E-state index contributed by atoms with van der Waals surface area (Å²) >= 11 is 1.55. The molecule has 2 aliphatic heterocycles. The van der Waals surface area contributed by atoms with E-state index in [9.17, 15) is 18.8 Å². The molecule has 0 unspecified atom stereocenters. The maximum absolute atomic E-state index is 14.5. The fourth-order valence-electron chi connectivity index (χ4n) is 4.37. The summed E-state index contributed by atoms with van der Waals surface area (Å²) in [4.78, 5) is 39.8. The van der Waals surface area contributed by atoms with Gasteiger partial charge in [-0.2, -0.15) is 11.8 Å². The van der Waals surface area contributed by atoms with Crippen molar-refractivity contribution in [2.24, 2.45) is 11.8 Å². The Hall–Kier alpha value is -1.93. The maximum Gasteiger partial charge on any atom is 0.368 e. The molecule has 0 bridgehead atoms. The van der Waals surface area contributed by atoms with E-state index >= 15 is 0 Å². The number of halogens is 1. The quantitative estimate of drug-likeness (QED) is 0.567. The van der Waals surface area contributed by atoms with Gasteiger partial charge in [0.05, 0.1) is 6.61 Å². The minimum atomic E-state index is -1.23. The van der Waals surface area contributed by atoms with Crippen LogP contribution in [0.2, 0.25) is 0 Å². The number of imide groups is 1. The van der Waals surface area contributed by atoms with Gasteiger partial charge in [0, 0.05) is 19.0 Å². The first kappa shape index (κ1) is 19.8. The number of nitrogens with two attached hydrogens (primary N) is 1. The van der Waals surface area contributed by atoms with Crippen LogP contribution in [0.3, 0.4) is 0 Å². The first-order valence-corrected chi connectivity index (χ1v) is 10.4. The maximum atomic E-state index is 14.5. The molecule has 6 nitrogen and oxygen atoms in total. The number of carbonyl (C=O) groups excluding carboxylic acids is 3. The summed E-state index contributed by atoms with van der Waals surface area (Å²) in [5, 5.41) is 1.71. The van der Waals surface area contributed by atoms with Gasteiger partial charge in [-0.15, -0.1) is 0 Å². The number of benzene rings is 1. The van der Waals surface area contributed by atoms with Crippen molar-refractivity contribution in [2.45, 2.75) is 24.9 Å². The van der Waals surface area contributed by atoms with Crippen LogP contribution in [0, 0.1) is 17.7 Å². The molecule has 2 amide bonds. The van der Waals surface area contributed by atoms with Gasteiger partial charge in [0.25, 0.3) is 0 Å². The topological polar surface area (TPSA) is 80.3 Å². The van der Waals surface area contributed by atoms with E-state index in [-0.39, 0.29) is 12.5 Å². The van der Waals surface area contributed by atoms with Crippen molar-refractivity contribution in [3.63, 3.8) is 0 Å². The third-order valence-electron chi connectivity index (χ3n) is 5.63. The number of esters is 1. The largest absolute Gasteiger partial charge is 0.461 e. The second kappa shape index (κ2) is 7.59. The zero-order valence-electron chi connectivity index (χ0n) is 15.6. The number of nitrogens with zero attached hydrogens (tertiary/aromatic N) is 1. The van der Waals surface area contributed by atoms with Gasteiger partial charge in [0.15, 0.2) is 0 Å². The molecule has 1 aromatic carbocycles. The Balaban J connectivity index is 2.14. The van der Waals surface area contributed by atoms with Crippen molar-refractivity contribution in [2.75, 3.05) is 25.7 Å². The van der Waals surface area contributed by atoms with Crippen LogP contribution in [0.15, 0.2) is 24.3 Å². The third kappa shape index (κ3) is 3.04. The van der Waals surface area contributed by atoms with Crippen LogP contribution in [0.5, 0.6) is 0 Å². The Kier molecular flexibility index (Phi) is 5.58. The lowest BCUT2D eigenvalue weighted by molar-refractivity contribution is -0.734. The van der Waals surface area contributed by atoms with E-state index in [1.807, 2.05) is 6.26 Å². The van der Waals surface area contributed by atoms with Crippen molar-refractivity contribution in [1.82, 2.24) is 4.90 Å². The second-order valence-electron chi connectivity index (χ2n) is 6.96. The number of thioether (sulfide) groups is 1. The summed E-state index contributed by atoms with van der Waals surface area (Å²) in [6.45, 7) is 1.88. The molecule has 2 fully saturated rings. The predicted molar refractivity (Wildman–Crippen MR) is 98.2 cm³/mol. The Morgan fingerprint density at radius 3 is 2.67 bits per heavy atom. The van der Waals surface area contributed by atoms with E-state index in [1.165, 1.54) is 13.1 Å². The van der Waals surface area contributed by atoms with Crippen molar-refractivity contribution < 1.29 is 28.8 Å². The van der Waals surface area contributed by atoms with Gasteiger partial charge in [-0.1, -0.05) is 18.2 Å². The van der Waals surface area contributed by atoms with E-state index < -0.39 is 41.1 Å². The van der Waals surface area contributed by atoms with Gasteiger partial charge in [0.1, 0.15) is 23.7 Å². The molecule has 0 aromatic heterocycles. The molecular weight excluding hydrogens is 371 g/mol. The standard InChI is InChI=1S/C19H23FN2O4S/c1-4-26-18(25)19(9-10-27-3)14-13(16(23)22(2)17(14)24)15(21-19)11-7-5-6-8-12(11)20/h5-8,13-15,21H,4,9-10H2,1-3H3/p+1/t13-,14-,15-,19+/m0/s1. The van der Waals surface area contributed by atoms with Gasteiger partial charge in [0.2, 0.25) is 17.4 Å². The number of fused-ring (bicyclic) bond motifs is 1. The molecule has 0 radical (unpaired) electrons. The summed E-state index contributed by atoms with van der Waals surface area (Å²) in [5.74, 6) is -2.75. The van der Waals surface area contributed by atoms with Gasteiger partial charge in [-0.05, 0) is 25.0 Å². The zero-order chi connectivity index (χ0) is 19.8. The molecule has 2 aliphatic rings. The van der Waals surface area contributed by atoms with Gasteiger partial charge < -0.3 is 10.1 Å². The molecule has 0 aliphatic carbocycles. The lowest BCUT2D eigenvalue weighted by Gasteiger charge is -2.29. The highest BCUT2D eigenvalue weighted by molar-refractivity contribution is 7.98. The van der Waals surface area contributed by atoms with Crippen molar-refractivity contribution >= 4 is 29.5 Å². The lowest BCUT2D eigenvalue weighted by atomic mass is 9.77. The smallest absolute Gasteiger partial charge is 0.368 e. The highest BCUT2D eigenvalue weighted by Crippen LogP contribution is 2.46. The fraction of sp³-hybridized carbons (Fsp3) is 0.526. The Labute approximate surface area is 161 Å². The summed E-state index contributed by atoms with van der Waals surface area (Å²) in [6.07, 6.45) is 2.28. The van der Waals surface area contributed by atoms with E-state index in [1.54, 1.807) is 42.2 Å². The molecule has 3 rings (SSSR count).